The van der Waals surface area contributed by atoms with Gasteiger partial charge in [0.1, 0.15) is 0 Å². The van der Waals surface area contributed by atoms with Gasteiger partial charge in [-0.25, -0.2) is 0 Å². The molecule has 0 unspecified atom stereocenters. The fourth-order valence-electron chi connectivity index (χ4n) is 4.01. The molecule has 0 fully saturated rings. The summed E-state index contributed by atoms with van der Waals surface area (Å²) in [4.78, 5) is 0. The van der Waals surface area contributed by atoms with E-state index in [1.165, 1.54) is 54.2 Å². The third-order valence-electron chi connectivity index (χ3n) is 4.83. The summed E-state index contributed by atoms with van der Waals surface area (Å²) in [6.07, 6.45) is 0. The van der Waals surface area contributed by atoms with Gasteiger partial charge in [-0.05, 0) is 68.1 Å². The van der Waals surface area contributed by atoms with Crippen molar-refractivity contribution >= 4 is 43.1 Å². The van der Waals surface area contributed by atoms with Crippen LogP contribution in [-0.2, 0) is 0 Å². The van der Waals surface area contributed by atoms with Crippen molar-refractivity contribution in [1.82, 2.24) is 0 Å². The van der Waals surface area contributed by atoms with Gasteiger partial charge in [-0.15, -0.1) is 0 Å². The van der Waals surface area contributed by atoms with Gasteiger partial charge in [0.2, 0.25) is 0 Å². The Labute approximate surface area is 129 Å². The summed E-state index contributed by atoms with van der Waals surface area (Å²) in [5, 5.41) is 11.0. The Kier molecular flexibility index (Phi) is 2.17. The Bertz CT molecular complexity index is 1080. The minimum Gasteiger partial charge on any atom is -0.0616 e. The van der Waals surface area contributed by atoms with Crippen molar-refractivity contribution in [3.05, 3.63) is 71.8 Å². The second-order valence-electron chi connectivity index (χ2n) is 6.43. The molecule has 0 aromatic heterocycles. The van der Waals surface area contributed by atoms with Crippen molar-refractivity contribution < 1.29 is 0 Å². The van der Waals surface area contributed by atoms with Gasteiger partial charge >= 0.3 is 0 Å². The maximum Gasteiger partial charge on any atom is -0.00201 e. The Morgan fingerprint density at radius 1 is 0.500 bits per heavy atom. The molecule has 5 aromatic carbocycles. The number of hydrogen-bond donors (Lipinski definition) is 0. The highest BCUT2D eigenvalue weighted by Crippen LogP contribution is 2.41. The van der Waals surface area contributed by atoms with E-state index in [0.29, 0.717) is 0 Å². The zero-order valence-corrected chi connectivity index (χ0v) is 12.8. The first kappa shape index (κ1) is 12.0. The maximum atomic E-state index is 2.34. The third-order valence-corrected chi connectivity index (χ3v) is 4.83. The quantitative estimate of drug-likeness (QED) is 0.229. The molecule has 0 atom stereocenters. The first-order valence-electron chi connectivity index (χ1n) is 7.80. The molecule has 104 valence electrons. The van der Waals surface area contributed by atoms with Crippen LogP contribution in [0.1, 0.15) is 11.1 Å². The van der Waals surface area contributed by atoms with Gasteiger partial charge in [-0.3, -0.25) is 0 Å². The van der Waals surface area contributed by atoms with E-state index in [1.54, 1.807) is 0 Å². The number of aryl methyl sites for hydroxylation is 2. The molecule has 0 nitrogen and oxygen atoms in total. The molecule has 0 heteroatoms. The lowest BCUT2D eigenvalue weighted by molar-refractivity contribution is 1.52. The van der Waals surface area contributed by atoms with Crippen LogP contribution in [0.2, 0.25) is 0 Å². The van der Waals surface area contributed by atoms with E-state index in [9.17, 15) is 0 Å². The van der Waals surface area contributed by atoms with Crippen LogP contribution in [0.25, 0.3) is 43.1 Å². The fraction of sp³-hybridized carbons (Fsp3) is 0.0909. The number of rotatable bonds is 0. The Hall–Kier alpha value is -2.60. The second-order valence-corrected chi connectivity index (χ2v) is 6.43. The topological polar surface area (TPSA) is 0 Å². The SMILES string of the molecule is Cc1cc2ccc3cc(C)cc4c5ccccc5c(c1)c2c34. The summed E-state index contributed by atoms with van der Waals surface area (Å²) >= 11 is 0. The van der Waals surface area contributed by atoms with Crippen LogP contribution in [0.5, 0.6) is 0 Å². The summed E-state index contributed by atoms with van der Waals surface area (Å²) in [7, 11) is 0. The lowest BCUT2D eigenvalue weighted by Gasteiger charge is -2.16. The molecule has 0 bridgehead atoms. The van der Waals surface area contributed by atoms with Crippen molar-refractivity contribution in [2.75, 3.05) is 0 Å². The molecule has 0 heterocycles. The van der Waals surface area contributed by atoms with Gasteiger partial charge in [0, 0.05) is 0 Å². The molecule has 0 amide bonds. The van der Waals surface area contributed by atoms with Crippen molar-refractivity contribution in [3.63, 3.8) is 0 Å². The van der Waals surface area contributed by atoms with Crippen molar-refractivity contribution in [2.45, 2.75) is 13.8 Å². The zero-order valence-electron chi connectivity index (χ0n) is 12.8. The van der Waals surface area contributed by atoms with Crippen LogP contribution >= 0.6 is 0 Å². The molecule has 0 saturated carbocycles. The third kappa shape index (κ3) is 1.42. The smallest absolute Gasteiger partial charge is 0.00201 e. The van der Waals surface area contributed by atoms with E-state index >= 15 is 0 Å². The summed E-state index contributed by atoms with van der Waals surface area (Å²) in [6, 6.07) is 22.6. The molecule has 0 aliphatic carbocycles. The Morgan fingerprint density at radius 3 is 1.41 bits per heavy atom. The van der Waals surface area contributed by atoms with Gasteiger partial charge in [0.25, 0.3) is 0 Å². The molecule has 0 radical (unpaired) electrons. The predicted octanol–water partition coefficient (Wildman–Crippen LogP) is 6.35. The van der Waals surface area contributed by atoms with E-state index in [1.807, 2.05) is 0 Å². The van der Waals surface area contributed by atoms with Gasteiger partial charge < -0.3 is 0 Å². The summed E-state index contributed by atoms with van der Waals surface area (Å²) in [6.45, 7) is 4.38. The van der Waals surface area contributed by atoms with Crippen molar-refractivity contribution in [3.8, 4) is 0 Å². The van der Waals surface area contributed by atoms with Crippen LogP contribution in [0.3, 0.4) is 0 Å². The molecular formula is C22H16. The molecular weight excluding hydrogens is 264 g/mol. The van der Waals surface area contributed by atoms with Crippen LogP contribution in [0.15, 0.2) is 60.7 Å². The summed E-state index contributed by atoms with van der Waals surface area (Å²) in [5.74, 6) is 0. The highest BCUT2D eigenvalue weighted by atomic mass is 14.2. The molecule has 0 aliphatic rings. The van der Waals surface area contributed by atoms with Crippen LogP contribution in [0.4, 0.5) is 0 Å². The molecule has 5 rings (SSSR count). The molecule has 0 saturated heterocycles. The lowest BCUT2D eigenvalue weighted by Crippen LogP contribution is -1.89. The summed E-state index contributed by atoms with van der Waals surface area (Å²) in [5.41, 5.74) is 2.65. The Balaban J connectivity index is 2.29. The number of hydrogen-bond acceptors (Lipinski definition) is 0. The molecule has 0 aliphatic heterocycles. The standard InChI is InChI=1S/C22H16/c1-13-9-15-7-8-16-10-14(2)12-20-18-6-4-3-5-17(18)19(11-13)21(15)22(16)20/h3-12H,1-2H3. The monoisotopic (exact) mass is 280 g/mol. The average molecular weight is 280 g/mol. The molecule has 0 N–H and O–H groups in total. The van der Waals surface area contributed by atoms with Crippen LogP contribution in [-0.4, -0.2) is 0 Å². The minimum atomic E-state index is 1.33. The second kappa shape index (κ2) is 3.98. The number of benzene rings is 5. The van der Waals surface area contributed by atoms with E-state index in [4.69, 9.17) is 0 Å². The van der Waals surface area contributed by atoms with Gasteiger partial charge in [0.05, 0.1) is 0 Å². The largest absolute Gasteiger partial charge is 0.0616 e. The van der Waals surface area contributed by atoms with Crippen molar-refractivity contribution in [2.24, 2.45) is 0 Å². The van der Waals surface area contributed by atoms with Gasteiger partial charge in [-0.1, -0.05) is 60.7 Å². The minimum absolute atomic E-state index is 1.33. The Morgan fingerprint density at radius 2 is 0.955 bits per heavy atom. The predicted molar refractivity (Wildman–Crippen MR) is 97.1 cm³/mol. The van der Waals surface area contributed by atoms with Crippen LogP contribution in [0, 0.1) is 13.8 Å². The normalized spacial score (nSPS) is 12.1. The molecule has 0 spiro atoms. The lowest BCUT2D eigenvalue weighted by atomic mass is 9.88. The zero-order chi connectivity index (χ0) is 14.8. The highest BCUT2D eigenvalue weighted by molar-refractivity contribution is 6.33. The maximum absolute atomic E-state index is 2.34. The number of fused-ring (bicyclic) bond motifs is 3. The first-order valence-corrected chi connectivity index (χ1v) is 7.80. The van der Waals surface area contributed by atoms with E-state index in [-0.39, 0.29) is 0 Å². The van der Waals surface area contributed by atoms with E-state index < -0.39 is 0 Å². The first-order chi connectivity index (χ1) is 10.7. The fourth-order valence-corrected chi connectivity index (χ4v) is 4.01. The summed E-state index contributed by atoms with van der Waals surface area (Å²) < 4.78 is 0. The molecule has 5 aromatic rings. The average Bonchev–Trinajstić information content (AvgIpc) is 2.52. The molecule has 22 heavy (non-hydrogen) atoms. The van der Waals surface area contributed by atoms with Crippen LogP contribution < -0.4 is 0 Å². The van der Waals surface area contributed by atoms with Crippen molar-refractivity contribution in [1.29, 1.82) is 0 Å². The van der Waals surface area contributed by atoms with E-state index in [2.05, 4.69) is 74.5 Å². The highest BCUT2D eigenvalue weighted by Gasteiger charge is 2.13. The van der Waals surface area contributed by atoms with E-state index in [0.717, 1.165) is 0 Å². The van der Waals surface area contributed by atoms with Gasteiger partial charge in [-0.2, -0.15) is 0 Å². The van der Waals surface area contributed by atoms with Gasteiger partial charge in [0.15, 0.2) is 0 Å².